The van der Waals surface area contributed by atoms with E-state index in [0.29, 0.717) is 5.69 Å². The lowest BCUT2D eigenvalue weighted by molar-refractivity contribution is -0.384. The second kappa shape index (κ2) is 5.85. The van der Waals surface area contributed by atoms with Crippen LogP contribution in [0.2, 0.25) is 0 Å². The van der Waals surface area contributed by atoms with E-state index in [2.05, 4.69) is 4.98 Å². The molecular formula is C13H17N3O4. The van der Waals surface area contributed by atoms with Crippen molar-refractivity contribution in [3.8, 4) is 0 Å². The Labute approximate surface area is 116 Å². The molecular weight excluding hydrogens is 262 g/mol. The Hall–Kier alpha value is -2.18. The summed E-state index contributed by atoms with van der Waals surface area (Å²) < 4.78 is 0. The van der Waals surface area contributed by atoms with Gasteiger partial charge in [-0.2, -0.15) is 0 Å². The standard InChI is InChI=1S/C13H17N3O4/c1-9-6-7-11(16(19)20)13(14-9)15(8-12(17)18)10-4-2-3-5-10/h6-7,10H,2-5,8H2,1H3,(H,17,18). The van der Waals surface area contributed by atoms with Crippen molar-refractivity contribution in [2.45, 2.75) is 38.6 Å². The summed E-state index contributed by atoms with van der Waals surface area (Å²) in [5.74, 6) is -0.834. The van der Waals surface area contributed by atoms with Crippen LogP contribution in [0.4, 0.5) is 11.5 Å². The Kier molecular flexibility index (Phi) is 4.16. The summed E-state index contributed by atoms with van der Waals surface area (Å²) in [7, 11) is 0. The monoisotopic (exact) mass is 279 g/mol. The third-order valence-corrected chi connectivity index (χ3v) is 3.53. The second-order valence-electron chi connectivity index (χ2n) is 5.01. The highest BCUT2D eigenvalue weighted by atomic mass is 16.6. The van der Waals surface area contributed by atoms with E-state index in [-0.39, 0.29) is 24.1 Å². The minimum atomic E-state index is -1.01. The third kappa shape index (κ3) is 3.04. The van der Waals surface area contributed by atoms with E-state index in [1.807, 2.05) is 0 Å². The van der Waals surface area contributed by atoms with Crippen LogP contribution < -0.4 is 4.90 Å². The summed E-state index contributed by atoms with van der Waals surface area (Å²) in [5.41, 5.74) is 0.503. The van der Waals surface area contributed by atoms with E-state index >= 15 is 0 Å². The summed E-state index contributed by atoms with van der Waals surface area (Å²) >= 11 is 0. The fourth-order valence-electron chi connectivity index (χ4n) is 2.63. The van der Waals surface area contributed by atoms with Gasteiger partial charge in [-0.05, 0) is 25.8 Å². The minimum absolute atomic E-state index is 0.0131. The number of nitro groups is 1. The molecule has 0 unspecified atom stereocenters. The highest BCUT2D eigenvalue weighted by Crippen LogP contribution is 2.32. The number of carboxylic acid groups (broad SMARTS) is 1. The number of nitrogens with zero attached hydrogens (tertiary/aromatic N) is 3. The smallest absolute Gasteiger partial charge is 0.323 e. The molecule has 1 aliphatic rings. The second-order valence-corrected chi connectivity index (χ2v) is 5.01. The van der Waals surface area contributed by atoms with Gasteiger partial charge in [-0.15, -0.1) is 0 Å². The molecule has 1 heterocycles. The van der Waals surface area contributed by atoms with Crippen molar-refractivity contribution in [1.82, 2.24) is 4.98 Å². The van der Waals surface area contributed by atoms with Crippen molar-refractivity contribution < 1.29 is 14.8 Å². The van der Waals surface area contributed by atoms with E-state index in [1.165, 1.54) is 6.07 Å². The van der Waals surface area contributed by atoms with Gasteiger partial charge < -0.3 is 10.0 Å². The molecule has 0 bridgehead atoms. The van der Waals surface area contributed by atoms with Gasteiger partial charge in [-0.3, -0.25) is 14.9 Å². The minimum Gasteiger partial charge on any atom is -0.480 e. The van der Waals surface area contributed by atoms with E-state index in [0.717, 1.165) is 25.7 Å². The molecule has 0 amide bonds. The maximum Gasteiger partial charge on any atom is 0.323 e. The van der Waals surface area contributed by atoms with Crippen molar-refractivity contribution in [3.63, 3.8) is 0 Å². The maximum absolute atomic E-state index is 11.1. The zero-order valence-corrected chi connectivity index (χ0v) is 11.3. The molecule has 20 heavy (non-hydrogen) atoms. The lowest BCUT2D eigenvalue weighted by atomic mass is 10.2. The molecule has 7 nitrogen and oxygen atoms in total. The summed E-state index contributed by atoms with van der Waals surface area (Å²) in [6.45, 7) is 1.47. The summed E-state index contributed by atoms with van der Waals surface area (Å²) in [5, 5.41) is 20.2. The number of aryl methyl sites for hydroxylation is 1. The van der Waals surface area contributed by atoms with Gasteiger partial charge >= 0.3 is 11.7 Å². The van der Waals surface area contributed by atoms with Crippen LogP contribution in [0, 0.1) is 17.0 Å². The van der Waals surface area contributed by atoms with Crippen molar-refractivity contribution in [1.29, 1.82) is 0 Å². The normalized spacial score (nSPS) is 15.2. The average Bonchev–Trinajstić information content (AvgIpc) is 2.88. The first-order valence-electron chi connectivity index (χ1n) is 6.59. The molecule has 1 aliphatic carbocycles. The Morgan fingerprint density at radius 3 is 2.70 bits per heavy atom. The van der Waals surface area contributed by atoms with Gasteiger partial charge in [-0.25, -0.2) is 4.98 Å². The number of pyridine rings is 1. The van der Waals surface area contributed by atoms with Gasteiger partial charge in [0.1, 0.15) is 6.54 Å². The quantitative estimate of drug-likeness (QED) is 0.655. The topological polar surface area (TPSA) is 96.6 Å². The van der Waals surface area contributed by atoms with E-state index in [1.54, 1.807) is 17.9 Å². The van der Waals surface area contributed by atoms with Crippen molar-refractivity contribution in [2.24, 2.45) is 0 Å². The van der Waals surface area contributed by atoms with Crippen LogP contribution in [0.1, 0.15) is 31.4 Å². The van der Waals surface area contributed by atoms with Crippen LogP contribution in [0.25, 0.3) is 0 Å². The summed E-state index contributed by atoms with van der Waals surface area (Å²) in [6.07, 6.45) is 3.72. The van der Waals surface area contributed by atoms with E-state index < -0.39 is 10.9 Å². The Balaban J connectivity index is 2.43. The highest BCUT2D eigenvalue weighted by Gasteiger charge is 2.30. The fraction of sp³-hybridized carbons (Fsp3) is 0.538. The molecule has 0 aromatic carbocycles. The SMILES string of the molecule is Cc1ccc([N+](=O)[O-])c(N(CC(=O)O)C2CCCC2)n1. The number of carboxylic acids is 1. The molecule has 2 rings (SSSR count). The third-order valence-electron chi connectivity index (χ3n) is 3.53. The maximum atomic E-state index is 11.1. The zero-order valence-electron chi connectivity index (χ0n) is 11.3. The first-order valence-corrected chi connectivity index (χ1v) is 6.59. The molecule has 1 N–H and O–H groups in total. The number of anilines is 1. The number of carbonyl (C=O) groups is 1. The Morgan fingerprint density at radius 1 is 1.50 bits per heavy atom. The molecule has 0 atom stereocenters. The van der Waals surface area contributed by atoms with Gasteiger partial charge in [0.05, 0.1) is 4.92 Å². The molecule has 108 valence electrons. The van der Waals surface area contributed by atoms with Crippen LogP contribution in [0.15, 0.2) is 12.1 Å². The largest absolute Gasteiger partial charge is 0.480 e. The predicted molar refractivity (Wildman–Crippen MR) is 72.9 cm³/mol. The lowest BCUT2D eigenvalue weighted by Gasteiger charge is -2.28. The highest BCUT2D eigenvalue weighted by molar-refractivity contribution is 5.75. The zero-order chi connectivity index (χ0) is 14.7. The number of aromatic nitrogens is 1. The van der Waals surface area contributed by atoms with Crippen molar-refractivity contribution >= 4 is 17.5 Å². The molecule has 0 spiro atoms. The van der Waals surface area contributed by atoms with Gasteiger partial charge in [0.15, 0.2) is 0 Å². The molecule has 1 aromatic rings. The fourth-order valence-corrected chi connectivity index (χ4v) is 2.63. The number of aliphatic carboxylic acids is 1. The molecule has 7 heteroatoms. The molecule has 1 saturated carbocycles. The molecule has 1 fully saturated rings. The molecule has 0 radical (unpaired) electrons. The Bertz CT molecular complexity index is 526. The van der Waals surface area contributed by atoms with Crippen LogP contribution in [0.5, 0.6) is 0 Å². The van der Waals surface area contributed by atoms with E-state index in [9.17, 15) is 14.9 Å². The lowest BCUT2D eigenvalue weighted by Crippen LogP contribution is -2.38. The van der Waals surface area contributed by atoms with Crippen LogP contribution in [0.3, 0.4) is 0 Å². The average molecular weight is 279 g/mol. The number of hydrogen-bond donors (Lipinski definition) is 1. The van der Waals surface area contributed by atoms with Crippen LogP contribution in [-0.2, 0) is 4.79 Å². The van der Waals surface area contributed by atoms with Crippen molar-refractivity contribution in [3.05, 3.63) is 27.9 Å². The van der Waals surface area contributed by atoms with Crippen molar-refractivity contribution in [2.75, 3.05) is 11.4 Å². The van der Waals surface area contributed by atoms with Crippen LogP contribution >= 0.6 is 0 Å². The predicted octanol–water partition coefficient (Wildman–Crippen LogP) is 2.13. The van der Waals surface area contributed by atoms with Crippen LogP contribution in [-0.4, -0.2) is 33.6 Å². The van der Waals surface area contributed by atoms with Gasteiger partial charge in [-0.1, -0.05) is 12.8 Å². The number of hydrogen-bond acceptors (Lipinski definition) is 5. The first kappa shape index (κ1) is 14.2. The number of rotatable bonds is 5. The molecule has 0 saturated heterocycles. The summed E-state index contributed by atoms with van der Waals surface area (Å²) in [6, 6.07) is 2.97. The van der Waals surface area contributed by atoms with E-state index in [4.69, 9.17) is 5.11 Å². The van der Waals surface area contributed by atoms with Gasteiger partial charge in [0.2, 0.25) is 5.82 Å². The molecule has 1 aromatic heterocycles. The molecule has 0 aliphatic heterocycles. The first-order chi connectivity index (χ1) is 9.49. The Morgan fingerprint density at radius 2 is 2.15 bits per heavy atom. The van der Waals surface area contributed by atoms with Gasteiger partial charge in [0, 0.05) is 17.8 Å². The summed E-state index contributed by atoms with van der Waals surface area (Å²) in [4.78, 5) is 27.5. The van der Waals surface area contributed by atoms with Gasteiger partial charge in [0.25, 0.3) is 0 Å².